The maximum atomic E-state index is 14.9. The van der Waals surface area contributed by atoms with E-state index in [1.807, 2.05) is 46.9 Å². The number of benzene rings is 1. The van der Waals surface area contributed by atoms with E-state index < -0.39 is 59.3 Å². The number of pyridine rings is 1. The molecule has 8 atom stereocenters. The van der Waals surface area contributed by atoms with Crippen LogP contribution in [0.3, 0.4) is 0 Å². The molecule has 1 aromatic carbocycles. The quantitative estimate of drug-likeness (QED) is 0.0976. The number of halogens is 1. The number of esters is 1. The molecule has 3 heterocycles. The second kappa shape index (κ2) is 18.3. The number of fused-ring (bicyclic) bond motifs is 2. The second-order valence-corrected chi connectivity index (χ2v) is 19.5. The van der Waals surface area contributed by atoms with Crippen LogP contribution in [0.5, 0.6) is 11.5 Å². The van der Waals surface area contributed by atoms with E-state index in [4.69, 9.17) is 50.0 Å². The van der Waals surface area contributed by atoms with E-state index in [0.717, 1.165) is 12.8 Å². The van der Waals surface area contributed by atoms with Crippen LogP contribution in [0.2, 0.25) is 5.02 Å². The minimum absolute atomic E-state index is 0.0166. The molecule has 3 aliphatic carbocycles. The first-order valence-electron chi connectivity index (χ1n) is 21.4. The number of amides is 3. The number of hydrogen-bond acceptors (Lipinski definition) is 14. The fraction of sp³-hybridized carbons (Fsp3) is 0.636. The summed E-state index contributed by atoms with van der Waals surface area (Å²) in [5, 5.41) is 12.5. The van der Waals surface area contributed by atoms with Gasteiger partial charge in [-0.1, -0.05) is 45.7 Å². The highest BCUT2D eigenvalue weighted by Crippen LogP contribution is 2.52. The summed E-state index contributed by atoms with van der Waals surface area (Å²) >= 11 is 8.46. The number of methoxy groups -OCH3 is 3. The highest BCUT2D eigenvalue weighted by atomic mass is 35.5. The first kappa shape index (κ1) is 45.6. The number of likely N-dealkylation sites (tertiary alicyclic amines) is 1. The summed E-state index contributed by atoms with van der Waals surface area (Å²) in [6.45, 7) is 11.6. The molecule has 338 valence electrons. The summed E-state index contributed by atoms with van der Waals surface area (Å²) in [5.41, 5.74) is -0.543. The van der Waals surface area contributed by atoms with Gasteiger partial charge in [0.1, 0.15) is 58.7 Å². The average Bonchev–Trinajstić information content (AvgIpc) is 3.89. The lowest BCUT2D eigenvalue weighted by atomic mass is 9.85. The Balaban J connectivity index is 1.22. The number of carbonyl (C=O) groups is 4. The third kappa shape index (κ3) is 9.70. The summed E-state index contributed by atoms with van der Waals surface area (Å²) in [4.78, 5) is 66.9. The Bertz CT molecular complexity index is 2150. The largest absolute Gasteiger partial charge is 0.488 e. The van der Waals surface area contributed by atoms with Crippen molar-refractivity contribution in [3.8, 4) is 22.9 Å². The number of alkyl carbamates (subject to hydrolysis) is 1. The van der Waals surface area contributed by atoms with Crippen LogP contribution in [0.15, 0.2) is 23.6 Å². The molecule has 16 nitrogen and oxygen atoms in total. The van der Waals surface area contributed by atoms with Gasteiger partial charge in [0.2, 0.25) is 11.8 Å². The Morgan fingerprint density at radius 3 is 2.34 bits per heavy atom. The van der Waals surface area contributed by atoms with Crippen LogP contribution >= 0.6 is 22.9 Å². The van der Waals surface area contributed by atoms with E-state index in [2.05, 4.69) is 16.0 Å². The second-order valence-electron chi connectivity index (χ2n) is 18.3. The maximum Gasteiger partial charge on any atom is 0.408 e. The summed E-state index contributed by atoms with van der Waals surface area (Å²) in [7, 11) is 4.31. The molecule has 3 saturated carbocycles. The van der Waals surface area contributed by atoms with Gasteiger partial charge in [-0.3, -0.25) is 9.59 Å². The minimum Gasteiger partial charge on any atom is -0.488 e. The van der Waals surface area contributed by atoms with Crippen molar-refractivity contribution in [3.63, 3.8) is 0 Å². The van der Waals surface area contributed by atoms with Crippen molar-refractivity contribution in [1.29, 1.82) is 0 Å². The van der Waals surface area contributed by atoms with Crippen LogP contribution in [0.1, 0.15) is 80.1 Å². The topological polar surface area (TPSA) is 189 Å². The zero-order valence-electron chi connectivity index (χ0n) is 36.9. The molecule has 7 rings (SSSR count). The van der Waals surface area contributed by atoms with Crippen molar-refractivity contribution in [2.45, 2.75) is 122 Å². The van der Waals surface area contributed by atoms with E-state index in [-0.39, 0.29) is 42.7 Å². The Kier molecular flexibility index (Phi) is 13.5. The lowest BCUT2D eigenvalue weighted by Gasteiger charge is -2.35. The summed E-state index contributed by atoms with van der Waals surface area (Å²) in [6.07, 6.45) is 1.74. The first-order chi connectivity index (χ1) is 29.5. The molecule has 3 N–H and O–H groups in total. The maximum absolute atomic E-state index is 14.9. The molecule has 1 saturated heterocycles. The van der Waals surface area contributed by atoms with Gasteiger partial charge in [-0.25, -0.2) is 19.6 Å². The number of aromatic nitrogens is 2. The van der Waals surface area contributed by atoms with Gasteiger partial charge in [0.15, 0.2) is 11.4 Å². The average molecular weight is 900 g/mol. The molecule has 1 aliphatic heterocycles. The van der Waals surface area contributed by atoms with Crippen molar-refractivity contribution in [3.05, 3.63) is 28.6 Å². The van der Waals surface area contributed by atoms with Gasteiger partial charge in [-0.15, -0.1) is 11.3 Å². The van der Waals surface area contributed by atoms with Gasteiger partial charge in [-0.2, -0.15) is 0 Å². The van der Waals surface area contributed by atoms with Gasteiger partial charge in [0, 0.05) is 43.5 Å². The molecule has 2 aromatic heterocycles. The number of carbonyl (C=O) groups excluding carboxylic acids is 4. The number of nitrogens with zero attached hydrogens (tertiary/aromatic N) is 3. The van der Waals surface area contributed by atoms with Gasteiger partial charge < -0.3 is 49.3 Å². The lowest BCUT2D eigenvalue weighted by Crippen LogP contribution is -2.59. The van der Waals surface area contributed by atoms with Crippen LogP contribution in [0.4, 0.5) is 9.93 Å². The zero-order valence-corrected chi connectivity index (χ0v) is 38.4. The number of anilines is 1. The SMILES string of the molecule is CC[C@@H]1C[C@]1(NC(=O)[C@@H]1C[C@@H](Oc2cc(-c3csc(NC(C)C)n3)nc3c(Cl)c(OCC(OC)OC)ccc23)CN1C(=O)C(NC(=O)OC1C[C@@H]2C[C@@H]2C1)C(C)(C)C)C(=O)OC. The van der Waals surface area contributed by atoms with Crippen LogP contribution in [-0.2, 0) is 33.3 Å². The molecule has 4 fully saturated rings. The third-order valence-electron chi connectivity index (χ3n) is 12.4. The van der Waals surface area contributed by atoms with Crippen molar-refractivity contribution in [2.24, 2.45) is 23.2 Å². The molecular weight excluding hydrogens is 840 g/mol. The normalized spacial score (nSPS) is 25.6. The molecule has 0 spiro atoms. The third-order valence-corrected chi connectivity index (χ3v) is 13.5. The van der Waals surface area contributed by atoms with Crippen LogP contribution in [-0.4, -0.2) is 115 Å². The molecule has 62 heavy (non-hydrogen) atoms. The zero-order chi connectivity index (χ0) is 44.7. The number of thiazole rings is 1. The molecule has 18 heteroatoms. The predicted octanol–water partition coefficient (Wildman–Crippen LogP) is 6.58. The lowest BCUT2D eigenvalue weighted by molar-refractivity contribution is -0.148. The molecule has 4 aliphatic rings. The van der Waals surface area contributed by atoms with Crippen molar-refractivity contribution < 1.29 is 47.6 Å². The summed E-state index contributed by atoms with van der Waals surface area (Å²) < 4.78 is 34.3. The van der Waals surface area contributed by atoms with Crippen LogP contribution in [0, 0.1) is 23.2 Å². The molecule has 3 aromatic rings. The standard InChI is InChI=1S/C44H59ClN6O10S/c1-10-25-18-44(25,40(54)58-9)50-38(52)31-16-27(19-51(31)39(53)37(43(4,5)6)49-42(55)61-26-14-23-13-24(23)15-26)60-33-17-29(30-21-62-41(48-30)46-22(2)3)47-36-28(33)11-12-32(35(36)45)59-20-34(56-7)57-8/h11-12,17,21-27,31,34,37H,10,13-16,18-20H2,1-9H3,(H,46,48)(H,49,55)(H,50,52)/t23-,24+,25-,26?,27-,31+,37?,44-/m1/s1. The fourth-order valence-electron chi connectivity index (χ4n) is 8.83. The van der Waals surface area contributed by atoms with Gasteiger partial charge >= 0.3 is 12.1 Å². The van der Waals surface area contributed by atoms with Crippen molar-refractivity contribution in [1.82, 2.24) is 25.5 Å². The Morgan fingerprint density at radius 1 is 0.984 bits per heavy atom. The van der Waals surface area contributed by atoms with Gasteiger partial charge in [-0.05, 0) is 74.8 Å². The molecular formula is C44H59ClN6O10S. The summed E-state index contributed by atoms with van der Waals surface area (Å²) in [5.74, 6) is 0.289. The number of hydrogen-bond donors (Lipinski definition) is 3. The Hall–Kier alpha value is -4.45. The van der Waals surface area contributed by atoms with E-state index in [1.165, 1.54) is 44.0 Å². The summed E-state index contributed by atoms with van der Waals surface area (Å²) in [6, 6.07) is 3.28. The van der Waals surface area contributed by atoms with Crippen molar-refractivity contribution >= 4 is 62.8 Å². The minimum atomic E-state index is -1.20. The Morgan fingerprint density at radius 2 is 1.71 bits per heavy atom. The number of rotatable bonds is 17. The van der Waals surface area contributed by atoms with Crippen LogP contribution < -0.4 is 25.4 Å². The van der Waals surface area contributed by atoms with Crippen molar-refractivity contribution in [2.75, 3.05) is 39.8 Å². The molecule has 3 amide bonds. The fourth-order valence-corrected chi connectivity index (χ4v) is 9.95. The van der Waals surface area contributed by atoms with E-state index in [0.29, 0.717) is 63.6 Å². The van der Waals surface area contributed by atoms with Gasteiger partial charge in [0.05, 0.1) is 24.9 Å². The monoisotopic (exact) mass is 898 g/mol. The van der Waals surface area contributed by atoms with E-state index in [9.17, 15) is 19.2 Å². The molecule has 2 unspecified atom stereocenters. The number of ether oxygens (including phenoxy) is 6. The van der Waals surface area contributed by atoms with E-state index >= 15 is 0 Å². The molecule has 0 radical (unpaired) electrons. The number of nitrogens with one attached hydrogen (secondary N) is 3. The predicted molar refractivity (Wildman–Crippen MR) is 233 cm³/mol. The van der Waals surface area contributed by atoms with Gasteiger partial charge in [0.25, 0.3) is 0 Å². The van der Waals surface area contributed by atoms with Crippen LogP contribution in [0.25, 0.3) is 22.3 Å². The highest BCUT2D eigenvalue weighted by Gasteiger charge is 2.62. The smallest absolute Gasteiger partial charge is 0.408 e. The Labute approximate surface area is 371 Å². The van der Waals surface area contributed by atoms with E-state index in [1.54, 1.807) is 18.2 Å². The molecule has 0 bridgehead atoms. The first-order valence-corrected chi connectivity index (χ1v) is 22.6. The highest BCUT2D eigenvalue weighted by molar-refractivity contribution is 7.14.